The number of sulfonamides is 1. The summed E-state index contributed by atoms with van der Waals surface area (Å²) < 4.78 is 27.1. The molecule has 1 fully saturated rings. The van der Waals surface area contributed by atoms with Crippen LogP contribution in [0.25, 0.3) is 0 Å². The van der Waals surface area contributed by atoms with Gasteiger partial charge in [0.15, 0.2) is 0 Å². The average Bonchev–Trinajstić information content (AvgIpc) is 2.76. The number of piperidine rings is 1. The maximum absolute atomic E-state index is 12.4. The number of nitrogens with zero attached hydrogens (tertiary/aromatic N) is 1. The molecule has 1 atom stereocenters. The molecule has 0 aromatic carbocycles. The minimum Gasteiger partial charge on any atom is -0.206 e. The summed E-state index contributed by atoms with van der Waals surface area (Å²) in [5, 5.41) is 0. The number of hydrogen-bond donors (Lipinski definition) is 0. The molecule has 0 N–H and O–H groups in total. The lowest BCUT2D eigenvalue weighted by atomic mass is 10.1. The lowest BCUT2D eigenvalue weighted by molar-refractivity contribution is 0.272. The van der Waals surface area contributed by atoms with Crippen LogP contribution in [-0.2, 0) is 10.0 Å². The Morgan fingerprint density at radius 3 is 2.76 bits per heavy atom. The van der Waals surface area contributed by atoms with Gasteiger partial charge in [0.2, 0.25) is 0 Å². The lowest BCUT2D eigenvalue weighted by Gasteiger charge is -2.32. The average molecular weight is 314 g/mol. The van der Waals surface area contributed by atoms with E-state index in [1.807, 2.05) is 0 Å². The van der Waals surface area contributed by atoms with Crippen molar-refractivity contribution >= 4 is 44.6 Å². The smallest absolute Gasteiger partial charge is 0.206 e. The van der Waals surface area contributed by atoms with Gasteiger partial charge in [-0.2, -0.15) is 4.31 Å². The third-order valence-electron chi connectivity index (χ3n) is 2.86. The third-order valence-corrected chi connectivity index (χ3v) is 6.87. The van der Waals surface area contributed by atoms with Crippen LogP contribution < -0.4 is 0 Å². The molecule has 17 heavy (non-hydrogen) atoms. The van der Waals surface area contributed by atoms with Crippen LogP contribution in [0.2, 0.25) is 4.34 Å². The molecule has 1 saturated heterocycles. The van der Waals surface area contributed by atoms with Crippen molar-refractivity contribution in [2.75, 3.05) is 12.4 Å². The summed E-state index contributed by atoms with van der Waals surface area (Å²) in [6.45, 7) is 0.551. The van der Waals surface area contributed by atoms with Crippen molar-refractivity contribution < 1.29 is 8.42 Å². The van der Waals surface area contributed by atoms with Crippen LogP contribution in [0.15, 0.2) is 16.3 Å². The molecule has 0 bridgehead atoms. The second-order valence-corrected chi connectivity index (χ2v) is 8.12. The number of thiophene rings is 1. The van der Waals surface area contributed by atoms with Crippen LogP contribution in [-0.4, -0.2) is 31.2 Å². The van der Waals surface area contributed by atoms with E-state index in [2.05, 4.69) is 0 Å². The maximum atomic E-state index is 12.4. The van der Waals surface area contributed by atoms with Crippen LogP contribution in [0.5, 0.6) is 0 Å². The monoisotopic (exact) mass is 313 g/mol. The summed E-state index contributed by atoms with van der Waals surface area (Å²) in [5.41, 5.74) is 0. The number of hydrogen-bond acceptors (Lipinski definition) is 3. The topological polar surface area (TPSA) is 37.4 Å². The van der Waals surface area contributed by atoms with Gasteiger partial charge in [-0.3, -0.25) is 0 Å². The minimum atomic E-state index is -3.42. The molecule has 2 heterocycles. The first-order valence-electron chi connectivity index (χ1n) is 5.39. The van der Waals surface area contributed by atoms with Gasteiger partial charge in [0.1, 0.15) is 4.21 Å². The van der Waals surface area contributed by atoms with Crippen LogP contribution in [0.4, 0.5) is 0 Å². The predicted molar refractivity (Wildman–Crippen MR) is 71.6 cm³/mol. The van der Waals surface area contributed by atoms with E-state index in [-0.39, 0.29) is 6.04 Å². The van der Waals surface area contributed by atoms with Crippen molar-refractivity contribution in [2.24, 2.45) is 0 Å². The molecular formula is C10H13Cl2NO2S2. The van der Waals surface area contributed by atoms with Crippen molar-refractivity contribution in [3.05, 3.63) is 16.5 Å². The highest BCUT2D eigenvalue weighted by Crippen LogP contribution is 2.31. The molecule has 1 unspecified atom stereocenters. The molecule has 96 valence electrons. The van der Waals surface area contributed by atoms with Crippen molar-refractivity contribution in [1.29, 1.82) is 0 Å². The van der Waals surface area contributed by atoms with Gasteiger partial charge in [0, 0.05) is 18.5 Å². The molecule has 1 aliphatic rings. The molecule has 0 aliphatic carbocycles. The molecule has 0 radical (unpaired) electrons. The van der Waals surface area contributed by atoms with Crippen molar-refractivity contribution in [1.82, 2.24) is 4.31 Å². The first-order valence-corrected chi connectivity index (χ1v) is 8.56. The molecule has 1 aromatic heterocycles. The molecule has 1 aromatic rings. The van der Waals surface area contributed by atoms with Crippen LogP contribution >= 0.6 is 34.5 Å². The zero-order chi connectivity index (χ0) is 12.5. The fourth-order valence-electron chi connectivity index (χ4n) is 2.00. The normalized spacial score (nSPS) is 22.8. The van der Waals surface area contributed by atoms with Gasteiger partial charge in [-0.05, 0) is 25.0 Å². The fraction of sp³-hybridized carbons (Fsp3) is 0.600. The zero-order valence-corrected chi connectivity index (χ0v) is 12.2. The van der Waals surface area contributed by atoms with Crippen LogP contribution in [0.3, 0.4) is 0 Å². The summed E-state index contributed by atoms with van der Waals surface area (Å²) in [6.07, 6.45) is 2.77. The largest absolute Gasteiger partial charge is 0.252 e. The molecule has 0 amide bonds. The Labute approximate surface area is 115 Å². The second-order valence-electron chi connectivity index (χ2n) is 3.98. The summed E-state index contributed by atoms with van der Waals surface area (Å²) in [5.74, 6) is 0.346. The third kappa shape index (κ3) is 2.79. The summed E-state index contributed by atoms with van der Waals surface area (Å²) >= 11 is 12.7. The van der Waals surface area contributed by atoms with Gasteiger partial charge in [0.25, 0.3) is 10.0 Å². The van der Waals surface area contributed by atoms with Gasteiger partial charge in [0.05, 0.1) is 4.34 Å². The van der Waals surface area contributed by atoms with Crippen LogP contribution in [0.1, 0.15) is 19.3 Å². The van der Waals surface area contributed by atoms with Crippen molar-refractivity contribution in [3.63, 3.8) is 0 Å². The van der Waals surface area contributed by atoms with E-state index in [4.69, 9.17) is 23.2 Å². The second kappa shape index (κ2) is 5.45. The highest BCUT2D eigenvalue weighted by molar-refractivity contribution is 7.91. The molecule has 0 spiro atoms. The Morgan fingerprint density at radius 1 is 1.41 bits per heavy atom. The van der Waals surface area contributed by atoms with E-state index >= 15 is 0 Å². The SMILES string of the molecule is O=S(=O)(c1ccc(Cl)s1)N1CCCCC1CCl. The van der Waals surface area contributed by atoms with E-state index in [1.165, 1.54) is 4.31 Å². The van der Waals surface area contributed by atoms with Gasteiger partial charge in [-0.1, -0.05) is 18.0 Å². The number of alkyl halides is 1. The van der Waals surface area contributed by atoms with Gasteiger partial charge in [-0.15, -0.1) is 22.9 Å². The number of halogens is 2. The van der Waals surface area contributed by atoms with E-state index in [9.17, 15) is 8.42 Å². The Kier molecular flexibility index (Phi) is 4.36. The van der Waals surface area contributed by atoms with Crippen molar-refractivity contribution in [2.45, 2.75) is 29.5 Å². The Bertz CT molecular complexity index is 486. The standard InChI is InChI=1S/C10H13Cl2NO2S2/c11-7-8-3-1-2-6-13(8)17(14,15)10-5-4-9(12)16-10/h4-5,8H,1-3,6-7H2. The highest BCUT2D eigenvalue weighted by Gasteiger charge is 2.33. The quantitative estimate of drug-likeness (QED) is 0.804. The van der Waals surface area contributed by atoms with E-state index < -0.39 is 10.0 Å². The summed E-state index contributed by atoms with van der Waals surface area (Å²) in [4.78, 5) is 0. The zero-order valence-electron chi connectivity index (χ0n) is 9.10. The fourth-order valence-corrected chi connectivity index (χ4v) is 5.70. The number of rotatable bonds is 3. The Balaban J connectivity index is 2.30. The Morgan fingerprint density at radius 2 is 2.18 bits per heavy atom. The first-order chi connectivity index (χ1) is 8.05. The van der Waals surface area contributed by atoms with Crippen molar-refractivity contribution in [3.8, 4) is 0 Å². The van der Waals surface area contributed by atoms with Crippen LogP contribution in [0, 0.1) is 0 Å². The molecule has 2 rings (SSSR count). The highest BCUT2D eigenvalue weighted by atomic mass is 35.5. The van der Waals surface area contributed by atoms with E-state index in [0.29, 0.717) is 21.0 Å². The molecule has 0 saturated carbocycles. The van der Waals surface area contributed by atoms with Gasteiger partial charge < -0.3 is 0 Å². The first kappa shape index (κ1) is 13.6. The molecular weight excluding hydrogens is 301 g/mol. The summed E-state index contributed by atoms with van der Waals surface area (Å²) in [7, 11) is -3.42. The van der Waals surface area contributed by atoms with Gasteiger partial charge in [-0.25, -0.2) is 8.42 Å². The lowest BCUT2D eigenvalue weighted by Crippen LogP contribution is -2.44. The maximum Gasteiger partial charge on any atom is 0.252 e. The Hall–Kier alpha value is 0.190. The summed E-state index contributed by atoms with van der Waals surface area (Å²) in [6, 6.07) is 3.08. The van der Waals surface area contributed by atoms with Gasteiger partial charge >= 0.3 is 0 Å². The van der Waals surface area contributed by atoms with E-state index in [0.717, 1.165) is 30.6 Å². The molecule has 1 aliphatic heterocycles. The minimum absolute atomic E-state index is 0.0868. The predicted octanol–water partition coefficient (Wildman–Crippen LogP) is 3.18. The molecule has 3 nitrogen and oxygen atoms in total. The molecule has 7 heteroatoms. The van der Waals surface area contributed by atoms with E-state index in [1.54, 1.807) is 12.1 Å².